The number of aromatic nitrogens is 1. The summed E-state index contributed by atoms with van der Waals surface area (Å²) >= 11 is 3.71. The molecule has 6 rings (SSSR count). The fourth-order valence-corrected chi connectivity index (χ4v) is 6.40. The van der Waals surface area contributed by atoms with Gasteiger partial charge in [0.05, 0.1) is 11.4 Å². The van der Waals surface area contributed by atoms with E-state index in [1.165, 1.54) is 67.0 Å². The lowest BCUT2D eigenvalue weighted by Gasteiger charge is -2.22. The van der Waals surface area contributed by atoms with Gasteiger partial charge in [0.25, 0.3) is 0 Å². The molecule has 1 aliphatic carbocycles. The lowest BCUT2D eigenvalue weighted by molar-refractivity contribution is 0.589. The van der Waals surface area contributed by atoms with Crippen LogP contribution in [0.5, 0.6) is 0 Å². The molecule has 4 aromatic rings. The highest BCUT2D eigenvalue weighted by Crippen LogP contribution is 2.42. The fourth-order valence-electron chi connectivity index (χ4n) is 6.04. The number of nitrogens with zero attached hydrogens (tertiary/aromatic N) is 1. The highest BCUT2D eigenvalue weighted by atomic mass is 79.9. The third-order valence-corrected chi connectivity index (χ3v) is 8.41. The van der Waals surface area contributed by atoms with Crippen LogP contribution >= 0.6 is 15.9 Å². The Kier molecular flexibility index (Phi) is 5.69. The van der Waals surface area contributed by atoms with Crippen molar-refractivity contribution in [2.24, 2.45) is 4.99 Å². The number of rotatable bonds is 3. The lowest BCUT2D eigenvalue weighted by Crippen LogP contribution is -2.14. The number of aliphatic imine (C=N–C) groups is 1. The quantitative estimate of drug-likeness (QED) is 0.232. The molecule has 0 unspecified atom stereocenters. The molecule has 0 bridgehead atoms. The van der Waals surface area contributed by atoms with Crippen molar-refractivity contribution in [2.75, 3.05) is 0 Å². The Bertz CT molecular complexity index is 1620. The van der Waals surface area contributed by atoms with Gasteiger partial charge in [-0.1, -0.05) is 86.1 Å². The number of aromatic amines is 1. The molecule has 3 aromatic carbocycles. The van der Waals surface area contributed by atoms with Gasteiger partial charge in [0, 0.05) is 44.5 Å². The van der Waals surface area contributed by atoms with Crippen LogP contribution in [-0.4, -0.2) is 10.7 Å². The Labute approximate surface area is 228 Å². The fraction of sp³-hybridized carbons (Fsp3) is 0.265. The van der Waals surface area contributed by atoms with Crippen LogP contribution in [-0.2, 0) is 18.3 Å². The van der Waals surface area contributed by atoms with Crippen LogP contribution in [0.25, 0.3) is 23.0 Å². The summed E-state index contributed by atoms with van der Waals surface area (Å²) in [5.74, 6) is 0. The average Bonchev–Trinajstić information content (AvgIpc) is 3.48. The molecule has 0 radical (unpaired) electrons. The Morgan fingerprint density at radius 1 is 0.946 bits per heavy atom. The molecular formula is C34H33BrN2. The molecule has 2 aliphatic rings. The monoisotopic (exact) mass is 548 g/mol. The highest BCUT2D eigenvalue weighted by molar-refractivity contribution is 9.10. The van der Waals surface area contributed by atoms with Gasteiger partial charge in [-0.3, -0.25) is 0 Å². The van der Waals surface area contributed by atoms with E-state index in [0.29, 0.717) is 0 Å². The van der Waals surface area contributed by atoms with E-state index >= 15 is 0 Å². The number of nitrogens with one attached hydrogen (secondary N) is 1. The molecule has 0 spiro atoms. The van der Waals surface area contributed by atoms with Crippen molar-refractivity contribution >= 4 is 33.4 Å². The number of hydrogen-bond acceptors (Lipinski definition) is 1. The van der Waals surface area contributed by atoms with Crippen molar-refractivity contribution in [3.63, 3.8) is 0 Å². The van der Waals surface area contributed by atoms with Crippen LogP contribution in [0.1, 0.15) is 83.5 Å². The molecule has 1 N–H and O–H groups in total. The van der Waals surface area contributed by atoms with Crippen LogP contribution in [0.3, 0.4) is 0 Å². The van der Waals surface area contributed by atoms with E-state index in [1.54, 1.807) is 0 Å². The Hall–Kier alpha value is -3.17. The number of halogens is 1. The second-order valence-corrected chi connectivity index (χ2v) is 12.4. The van der Waals surface area contributed by atoms with Gasteiger partial charge in [-0.15, -0.1) is 0 Å². The minimum atomic E-state index is 0.112. The van der Waals surface area contributed by atoms with Crippen molar-refractivity contribution in [1.29, 1.82) is 0 Å². The summed E-state index contributed by atoms with van der Waals surface area (Å²) in [6, 6.07) is 20.0. The zero-order valence-electron chi connectivity index (χ0n) is 22.5. The maximum Gasteiger partial charge on any atom is 0.0794 e. The molecule has 186 valence electrons. The van der Waals surface area contributed by atoms with Crippen LogP contribution < -0.4 is 0 Å². The first kappa shape index (κ1) is 24.2. The summed E-state index contributed by atoms with van der Waals surface area (Å²) < 4.78 is 1.08. The molecule has 0 fully saturated rings. The Morgan fingerprint density at radius 3 is 2.38 bits per heavy atom. The summed E-state index contributed by atoms with van der Waals surface area (Å²) in [5, 5.41) is 0. The highest BCUT2D eigenvalue weighted by Gasteiger charge is 2.28. The second kappa shape index (κ2) is 8.70. The topological polar surface area (TPSA) is 28.1 Å². The number of fused-ring (bicyclic) bond motifs is 4. The summed E-state index contributed by atoms with van der Waals surface area (Å²) in [5.41, 5.74) is 17.8. The molecule has 1 aromatic heterocycles. The normalized spacial score (nSPS) is 15.1. The molecule has 1 aliphatic heterocycles. The van der Waals surface area contributed by atoms with Crippen LogP contribution in [0.4, 0.5) is 0 Å². The molecule has 0 saturated heterocycles. The van der Waals surface area contributed by atoms with Crippen LogP contribution in [0, 0.1) is 13.8 Å². The zero-order chi connectivity index (χ0) is 26.1. The van der Waals surface area contributed by atoms with Crippen molar-refractivity contribution in [1.82, 2.24) is 4.98 Å². The molecule has 2 heterocycles. The average molecular weight is 550 g/mol. The Morgan fingerprint density at radius 2 is 1.68 bits per heavy atom. The number of H-pyrrole nitrogens is 1. The third-order valence-electron chi connectivity index (χ3n) is 7.92. The molecule has 3 heteroatoms. The minimum Gasteiger partial charge on any atom is -0.354 e. The van der Waals surface area contributed by atoms with E-state index in [0.717, 1.165) is 28.7 Å². The van der Waals surface area contributed by atoms with Gasteiger partial charge < -0.3 is 4.98 Å². The zero-order valence-corrected chi connectivity index (χ0v) is 24.1. The molecule has 0 amide bonds. The van der Waals surface area contributed by atoms with Gasteiger partial charge >= 0.3 is 0 Å². The predicted octanol–water partition coefficient (Wildman–Crippen LogP) is 9.17. The van der Waals surface area contributed by atoms with Crippen molar-refractivity contribution < 1.29 is 0 Å². The smallest absolute Gasteiger partial charge is 0.0794 e. The van der Waals surface area contributed by atoms with E-state index in [4.69, 9.17) is 4.99 Å². The van der Waals surface area contributed by atoms with E-state index in [9.17, 15) is 0 Å². The van der Waals surface area contributed by atoms with E-state index < -0.39 is 0 Å². The first-order valence-corrected chi connectivity index (χ1v) is 14.0. The number of benzene rings is 3. The van der Waals surface area contributed by atoms with E-state index in [2.05, 4.69) is 123 Å². The van der Waals surface area contributed by atoms with Crippen LogP contribution in [0.2, 0.25) is 0 Å². The van der Waals surface area contributed by atoms with Gasteiger partial charge in [0.1, 0.15) is 0 Å². The van der Waals surface area contributed by atoms with E-state index in [1.807, 2.05) is 0 Å². The summed E-state index contributed by atoms with van der Waals surface area (Å²) in [6.45, 7) is 13.5. The molecule has 0 saturated carbocycles. The van der Waals surface area contributed by atoms with Crippen LogP contribution in [0.15, 0.2) is 64.1 Å². The minimum absolute atomic E-state index is 0.112. The van der Waals surface area contributed by atoms with Gasteiger partial charge in [-0.2, -0.15) is 0 Å². The van der Waals surface area contributed by atoms with Gasteiger partial charge in [0.15, 0.2) is 0 Å². The van der Waals surface area contributed by atoms with Crippen molar-refractivity contribution in [2.45, 2.75) is 59.8 Å². The molecule has 37 heavy (non-hydrogen) atoms. The maximum absolute atomic E-state index is 5.32. The van der Waals surface area contributed by atoms with Crippen molar-refractivity contribution in [3.8, 4) is 11.3 Å². The summed E-state index contributed by atoms with van der Waals surface area (Å²) in [7, 11) is 0. The van der Waals surface area contributed by atoms with Gasteiger partial charge in [-0.05, 0) is 77.3 Å². The van der Waals surface area contributed by atoms with E-state index in [-0.39, 0.29) is 5.41 Å². The standard InChI is InChI=1S/C34H33BrN2/c1-7-24-27-16-21-10-8-9-11-25(21)32(27)36-29(24)18-30-26-13-12-23(35)17-28(26)33(37-30)31-19(2)14-22(15-20(31)3)34(4,5)6/h8-15,17-18,36H,7,16H2,1-6H3. The summed E-state index contributed by atoms with van der Waals surface area (Å²) in [6.07, 6.45) is 4.27. The first-order chi connectivity index (χ1) is 17.7. The molecule has 0 atom stereocenters. The SMILES string of the molecule is CCc1c(C=C2N=C(c3c(C)cc(C(C)(C)C)cc3C)c3cc(Br)ccc32)[nH]c2c1Cc1ccccc1-2. The first-order valence-electron chi connectivity index (χ1n) is 13.2. The predicted molar refractivity (Wildman–Crippen MR) is 161 cm³/mol. The van der Waals surface area contributed by atoms with Gasteiger partial charge in [-0.25, -0.2) is 4.99 Å². The van der Waals surface area contributed by atoms with Crippen molar-refractivity contribution in [3.05, 3.63) is 115 Å². The largest absolute Gasteiger partial charge is 0.354 e. The second-order valence-electron chi connectivity index (χ2n) is 11.5. The third kappa shape index (κ3) is 3.95. The molecular weight excluding hydrogens is 516 g/mol. The van der Waals surface area contributed by atoms with Gasteiger partial charge in [0.2, 0.25) is 0 Å². The number of hydrogen-bond donors (Lipinski definition) is 1. The summed E-state index contributed by atoms with van der Waals surface area (Å²) in [4.78, 5) is 9.10. The molecule has 2 nitrogen and oxygen atoms in total. The maximum atomic E-state index is 5.32. The Balaban J connectivity index is 1.52. The lowest BCUT2D eigenvalue weighted by atomic mass is 9.82. The number of aryl methyl sites for hydroxylation is 2.